The van der Waals surface area contributed by atoms with Crippen LogP contribution in [0.1, 0.15) is 18.9 Å². The number of hydrogen-bond donors (Lipinski definition) is 2. The zero-order valence-corrected chi connectivity index (χ0v) is 18.8. The van der Waals surface area contributed by atoms with Crippen molar-refractivity contribution in [2.45, 2.75) is 19.9 Å². The van der Waals surface area contributed by atoms with Crippen molar-refractivity contribution in [3.63, 3.8) is 0 Å². The molecule has 1 atom stereocenters. The summed E-state index contributed by atoms with van der Waals surface area (Å²) in [6.07, 6.45) is 1.10. The number of phenols is 1. The molecule has 0 aliphatic carbocycles. The Morgan fingerprint density at radius 2 is 2.15 bits per heavy atom. The molecule has 1 saturated heterocycles. The fourth-order valence-electron chi connectivity index (χ4n) is 2.98. The maximum absolute atomic E-state index is 9.90. The number of aromatic hydroxyl groups is 1. The molecule has 7 nitrogen and oxygen atoms in total. The van der Waals surface area contributed by atoms with E-state index in [1.807, 2.05) is 6.07 Å². The van der Waals surface area contributed by atoms with E-state index in [0.717, 1.165) is 44.2 Å². The second-order valence-electron chi connectivity index (χ2n) is 6.34. The molecule has 1 aliphatic heterocycles. The van der Waals surface area contributed by atoms with Crippen LogP contribution in [-0.4, -0.2) is 69.6 Å². The van der Waals surface area contributed by atoms with Gasteiger partial charge in [0.25, 0.3) is 0 Å². The molecule has 1 heterocycles. The van der Waals surface area contributed by atoms with Gasteiger partial charge in [0, 0.05) is 32.7 Å². The summed E-state index contributed by atoms with van der Waals surface area (Å²) in [6, 6.07) is 5.38. The Hall–Kier alpha value is -1.26. The third kappa shape index (κ3) is 7.71. The monoisotopic (exact) mass is 493 g/mol. The highest BCUT2D eigenvalue weighted by Gasteiger charge is 2.24. The van der Waals surface area contributed by atoms with Crippen molar-refractivity contribution in [1.29, 1.82) is 0 Å². The Kier molecular flexibility index (Phi) is 11.5. The Bertz CT molecular complexity index is 586. The zero-order valence-electron chi connectivity index (χ0n) is 16.4. The van der Waals surface area contributed by atoms with Gasteiger partial charge in [-0.2, -0.15) is 0 Å². The van der Waals surface area contributed by atoms with Crippen LogP contribution < -0.4 is 10.1 Å². The maximum Gasteiger partial charge on any atom is 0.194 e. The number of phenolic OH excluding ortho intramolecular Hbond substituents is 1. The molecule has 0 bridgehead atoms. The van der Waals surface area contributed by atoms with Gasteiger partial charge in [0.05, 0.1) is 33.5 Å². The lowest BCUT2D eigenvalue weighted by Gasteiger charge is -2.21. The van der Waals surface area contributed by atoms with E-state index in [-0.39, 0.29) is 29.7 Å². The predicted octanol–water partition coefficient (Wildman–Crippen LogP) is 2.47. The number of aliphatic imine (C=N–C) groups is 1. The number of benzene rings is 1. The normalized spacial score (nSPS) is 16.9. The van der Waals surface area contributed by atoms with Gasteiger partial charge in [-0.3, -0.25) is 0 Å². The van der Waals surface area contributed by atoms with Gasteiger partial charge in [0.15, 0.2) is 17.5 Å². The largest absolute Gasteiger partial charge is 0.504 e. The fraction of sp³-hybridized carbons (Fsp3) is 0.632. The van der Waals surface area contributed by atoms with Crippen molar-refractivity contribution in [2.24, 2.45) is 10.9 Å². The Balaban J connectivity index is 0.00000364. The van der Waals surface area contributed by atoms with Gasteiger partial charge in [0.2, 0.25) is 0 Å². The number of likely N-dealkylation sites (tertiary alicyclic amines) is 1. The molecular weight excluding hydrogens is 461 g/mol. The Labute approximate surface area is 179 Å². The highest BCUT2D eigenvalue weighted by molar-refractivity contribution is 14.0. The summed E-state index contributed by atoms with van der Waals surface area (Å²) < 4.78 is 15.7. The Morgan fingerprint density at radius 1 is 1.33 bits per heavy atom. The molecule has 2 rings (SSSR count). The third-order valence-corrected chi connectivity index (χ3v) is 4.36. The molecule has 8 heteroatoms. The van der Waals surface area contributed by atoms with E-state index < -0.39 is 0 Å². The van der Waals surface area contributed by atoms with Crippen LogP contribution in [0.4, 0.5) is 0 Å². The van der Waals surface area contributed by atoms with Crippen LogP contribution >= 0.6 is 24.0 Å². The van der Waals surface area contributed by atoms with Crippen LogP contribution in [0.25, 0.3) is 0 Å². The van der Waals surface area contributed by atoms with Crippen LogP contribution in [0.3, 0.4) is 0 Å². The van der Waals surface area contributed by atoms with E-state index in [9.17, 15) is 5.11 Å². The molecule has 0 spiro atoms. The van der Waals surface area contributed by atoms with E-state index in [1.54, 1.807) is 26.4 Å². The first kappa shape index (κ1) is 23.8. The summed E-state index contributed by atoms with van der Waals surface area (Å²) in [5, 5.41) is 13.3. The summed E-state index contributed by atoms with van der Waals surface area (Å²) in [6.45, 7) is 7.33. The number of ether oxygens (including phenoxy) is 3. The number of guanidine groups is 1. The van der Waals surface area contributed by atoms with Crippen LogP contribution in [-0.2, 0) is 16.0 Å². The van der Waals surface area contributed by atoms with Gasteiger partial charge in [-0.1, -0.05) is 6.07 Å². The second kappa shape index (κ2) is 13.0. The van der Waals surface area contributed by atoms with Crippen LogP contribution in [0.2, 0.25) is 0 Å². The van der Waals surface area contributed by atoms with Gasteiger partial charge < -0.3 is 29.5 Å². The minimum atomic E-state index is 0. The maximum atomic E-state index is 9.90. The molecule has 0 saturated carbocycles. The first-order valence-electron chi connectivity index (χ1n) is 9.13. The van der Waals surface area contributed by atoms with Gasteiger partial charge in [-0.15, -0.1) is 24.0 Å². The minimum Gasteiger partial charge on any atom is -0.504 e. The van der Waals surface area contributed by atoms with E-state index >= 15 is 0 Å². The van der Waals surface area contributed by atoms with Gasteiger partial charge in [-0.25, -0.2) is 4.99 Å². The number of rotatable bonds is 9. The number of hydrogen-bond acceptors (Lipinski definition) is 5. The smallest absolute Gasteiger partial charge is 0.194 e. The summed E-state index contributed by atoms with van der Waals surface area (Å²) in [5.41, 5.74) is 0.942. The van der Waals surface area contributed by atoms with Crippen molar-refractivity contribution in [3.05, 3.63) is 23.8 Å². The van der Waals surface area contributed by atoms with Gasteiger partial charge in [0.1, 0.15) is 0 Å². The molecule has 1 fully saturated rings. The van der Waals surface area contributed by atoms with Crippen molar-refractivity contribution >= 4 is 29.9 Å². The first-order chi connectivity index (χ1) is 12.7. The molecule has 1 aromatic rings. The lowest BCUT2D eigenvalue weighted by atomic mass is 10.1. The lowest BCUT2D eigenvalue weighted by Crippen LogP contribution is -2.40. The molecule has 1 unspecified atom stereocenters. The van der Waals surface area contributed by atoms with Crippen molar-refractivity contribution < 1.29 is 19.3 Å². The zero-order chi connectivity index (χ0) is 18.8. The fourth-order valence-corrected chi connectivity index (χ4v) is 2.98. The highest BCUT2D eigenvalue weighted by Crippen LogP contribution is 2.26. The number of nitrogens with one attached hydrogen (secondary N) is 1. The van der Waals surface area contributed by atoms with Crippen LogP contribution in [0, 0.1) is 5.92 Å². The standard InChI is InChI=1S/C19H31N3O4.HI/c1-4-20-19(21-12-15-5-6-18(25-3)17(23)11-15)22-8-7-16(13-22)14-26-10-9-24-2;/h5-6,11,16,23H,4,7-10,12-14H2,1-3H3,(H,20,21);1H. The summed E-state index contributed by atoms with van der Waals surface area (Å²) in [5.74, 6) is 2.03. The van der Waals surface area contributed by atoms with Crippen molar-refractivity contribution in [2.75, 3.05) is 53.7 Å². The van der Waals surface area contributed by atoms with E-state index in [1.165, 1.54) is 0 Å². The molecule has 1 aliphatic rings. The van der Waals surface area contributed by atoms with E-state index in [2.05, 4.69) is 17.1 Å². The number of methoxy groups -OCH3 is 2. The molecule has 0 amide bonds. The molecule has 0 radical (unpaired) electrons. The average Bonchev–Trinajstić information content (AvgIpc) is 3.11. The molecule has 154 valence electrons. The summed E-state index contributed by atoms with van der Waals surface area (Å²) in [7, 11) is 3.22. The van der Waals surface area contributed by atoms with Crippen molar-refractivity contribution in [3.8, 4) is 11.5 Å². The molecule has 27 heavy (non-hydrogen) atoms. The SMILES string of the molecule is CCNC(=NCc1ccc(OC)c(O)c1)N1CCC(COCCOC)C1.I. The van der Waals surface area contributed by atoms with E-state index in [0.29, 0.717) is 31.4 Å². The highest BCUT2D eigenvalue weighted by atomic mass is 127. The Morgan fingerprint density at radius 3 is 2.81 bits per heavy atom. The molecule has 1 aromatic carbocycles. The third-order valence-electron chi connectivity index (χ3n) is 4.36. The number of nitrogens with zero attached hydrogens (tertiary/aromatic N) is 2. The predicted molar refractivity (Wildman–Crippen MR) is 117 cm³/mol. The van der Waals surface area contributed by atoms with Crippen molar-refractivity contribution in [1.82, 2.24) is 10.2 Å². The lowest BCUT2D eigenvalue weighted by molar-refractivity contribution is 0.0536. The quantitative estimate of drug-likeness (QED) is 0.238. The van der Waals surface area contributed by atoms with Crippen LogP contribution in [0.5, 0.6) is 11.5 Å². The summed E-state index contributed by atoms with van der Waals surface area (Å²) in [4.78, 5) is 7.00. The summed E-state index contributed by atoms with van der Waals surface area (Å²) >= 11 is 0. The van der Waals surface area contributed by atoms with E-state index in [4.69, 9.17) is 19.2 Å². The number of halogens is 1. The molecule has 0 aromatic heterocycles. The molecular formula is C19H32IN3O4. The topological polar surface area (TPSA) is 75.6 Å². The first-order valence-corrected chi connectivity index (χ1v) is 9.13. The second-order valence-corrected chi connectivity index (χ2v) is 6.34. The molecule has 2 N–H and O–H groups in total. The van der Waals surface area contributed by atoms with Gasteiger partial charge in [-0.05, 0) is 31.0 Å². The van der Waals surface area contributed by atoms with Crippen LogP contribution in [0.15, 0.2) is 23.2 Å². The van der Waals surface area contributed by atoms with Gasteiger partial charge >= 0.3 is 0 Å². The minimum absolute atomic E-state index is 0. The average molecular weight is 493 g/mol.